The molecule has 5 heteroatoms. The lowest BCUT2D eigenvalue weighted by Gasteiger charge is -2.05. The fourth-order valence-electron chi connectivity index (χ4n) is 2.27. The maximum absolute atomic E-state index is 13.3. The molecular formula is C19H13FINOS. The number of thiophene rings is 1. The summed E-state index contributed by atoms with van der Waals surface area (Å²) >= 11 is 3.89. The molecule has 0 atom stereocenters. The van der Waals surface area contributed by atoms with Crippen molar-refractivity contribution < 1.29 is 9.50 Å². The van der Waals surface area contributed by atoms with Crippen LogP contribution < -0.4 is 0 Å². The first kappa shape index (κ1) is 17.1. The van der Waals surface area contributed by atoms with E-state index in [9.17, 15) is 4.39 Å². The fourth-order valence-corrected chi connectivity index (χ4v) is 4.60. The van der Waals surface area contributed by atoms with E-state index in [4.69, 9.17) is 5.11 Å². The van der Waals surface area contributed by atoms with E-state index >= 15 is 0 Å². The molecule has 2 nitrogen and oxygen atoms in total. The van der Waals surface area contributed by atoms with Crippen molar-refractivity contribution in [2.45, 2.75) is 6.42 Å². The lowest BCUT2D eigenvalue weighted by molar-refractivity contribution is 0.305. The van der Waals surface area contributed by atoms with Crippen molar-refractivity contribution in [2.75, 3.05) is 6.61 Å². The zero-order valence-electron chi connectivity index (χ0n) is 12.6. The molecule has 0 saturated heterocycles. The van der Waals surface area contributed by atoms with Crippen LogP contribution in [0.15, 0.2) is 48.8 Å². The van der Waals surface area contributed by atoms with Crippen LogP contribution in [0.5, 0.6) is 0 Å². The highest BCUT2D eigenvalue weighted by Crippen LogP contribution is 2.43. The summed E-state index contributed by atoms with van der Waals surface area (Å²) < 4.78 is 14.3. The Kier molecular flexibility index (Phi) is 5.61. The van der Waals surface area contributed by atoms with Gasteiger partial charge in [-0.25, -0.2) is 4.39 Å². The van der Waals surface area contributed by atoms with Crippen LogP contribution >= 0.6 is 33.9 Å². The molecule has 0 spiro atoms. The van der Waals surface area contributed by atoms with E-state index in [1.165, 1.54) is 12.1 Å². The molecule has 2 aromatic heterocycles. The first-order valence-corrected chi connectivity index (χ1v) is 9.18. The average molecular weight is 449 g/mol. The summed E-state index contributed by atoms with van der Waals surface area (Å²) in [6.07, 6.45) is 3.97. The largest absolute Gasteiger partial charge is 0.395 e. The molecule has 0 saturated carbocycles. The molecule has 2 heterocycles. The standard InChI is InChI=1S/C19H13FINOS/c20-15-6-4-14(5-7-15)19-17(13-8-10-22-11-9-13)18(21)16(24-19)3-1-2-12-23/h4-11,23H,2,12H2. The molecule has 3 aromatic rings. The van der Waals surface area contributed by atoms with Gasteiger partial charge in [0.05, 0.1) is 11.5 Å². The molecule has 24 heavy (non-hydrogen) atoms. The summed E-state index contributed by atoms with van der Waals surface area (Å²) in [5, 5.41) is 8.91. The van der Waals surface area contributed by atoms with E-state index in [0.29, 0.717) is 6.42 Å². The highest BCUT2D eigenvalue weighted by molar-refractivity contribution is 14.1. The van der Waals surface area contributed by atoms with Crippen molar-refractivity contribution in [3.8, 4) is 33.4 Å². The predicted molar refractivity (Wildman–Crippen MR) is 104 cm³/mol. The molecule has 120 valence electrons. The molecule has 0 bridgehead atoms. The summed E-state index contributed by atoms with van der Waals surface area (Å²) in [7, 11) is 0. The number of rotatable bonds is 3. The number of aromatic nitrogens is 1. The number of aliphatic hydroxyl groups is 1. The first-order chi connectivity index (χ1) is 11.7. The Hall–Kier alpha value is -1.75. The second kappa shape index (κ2) is 7.88. The molecule has 0 radical (unpaired) electrons. The normalized spacial score (nSPS) is 10.3. The summed E-state index contributed by atoms with van der Waals surface area (Å²) in [4.78, 5) is 6.09. The third-order valence-corrected chi connectivity index (χ3v) is 5.96. The fraction of sp³-hybridized carbons (Fsp3) is 0.105. The smallest absolute Gasteiger partial charge is 0.123 e. The van der Waals surface area contributed by atoms with Gasteiger partial charge in [-0.1, -0.05) is 24.0 Å². The van der Waals surface area contributed by atoms with Gasteiger partial charge in [0.2, 0.25) is 0 Å². The van der Waals surface area contributed by atoms with Gasteiger partial charge >= 0.3 is 0 Å². The van der Waals surface area contributed by atoms with Crippen molar-refractivity contribution in [3.05, 3.63) is 63.1 Å². The minimum Gasteiger partial charge on any atom is -0.395 e. The van der Waals surface area contributed by atoms with Crippen LogP contribution in [0.4, 0.5) is 4.39 Å². The van der Waals surface area contributed by atoms with E-state index in [1.807, 2.05) is 12.1 Å². The molecule has 0 fully saturated rings. The van der Waals surface area contributed by atoms with E-state index < -0.39 is 0 Å². The highest BCUT2D eigenvalue weighted by Gasteiger charge is 2.18. The van der Waals surface area contributed by atoms with Gasteiger partial charge in [-0.3, -0.25) is 4.98 Å². The van der Waals surface area contributed by atoms with Gasteiger partial charge in [0.25, 0.3) is 0 Å². The molecule has 0 aliphatic rings. The maximum atomic E-state index is 13.3. The van der Waals surface area contributed by atoms with Gasteiger partial charge < -0.3 is 5.11 Å². The Bertz CT molecular complexity index is 895. The lowest BCUT2D eigenvalue weighted by atomic mass is 10.0. The Morgan fingerprint density at radius 3 is 2.46 bits per heavy atom. The Morgan fingerprint density at radius 1 is 1.08 bits per heavy atom. The molecular weight excluding hydrogens is 436 g/mol. The van der Waals surface area contributed by atoms with Crippen LogP contribution in [0, 0.1) is 21.2 Å². The van der Waals surface area contributed by atoms with Crippen LogP contribution in [-0.4, -0.2) is 16.7 Å². The predicted octanol–water partition coefficient (Wildman–Crippen LogP) is 4.95. The number of nitrogens with zero attached hydrogens (tertiary/aromatic N) is 1. The summed E-state index contributed by atoms with van der Waals surface area (Å²) in [5.74, 6) is 5.86. The molecule has 1 N–H and O–H groups in total. The zero-order chi connectivity index (χ0) is 16.9. The van der Waals surface area contributed by atoms with E-state index in [1.54, 1.807) is 35.9 Å². The van der Waals surface area contributed by atoms with E-state index in [0.717, 1.165) is 30.0 Å². The Morgan fingerprint density at radius 2 is 1.79 bits per heavy atom. The van der Waals surface area contributed by atoms with E-state index in [-0.39, 0.29) is 12.4 Å². The lowest BCUT2D eigenvalue weighted by Crippen LogP contribution is -1.84. The zero-order valence-corrected chi connectivity index (χ0v) is 15.6. The van der Waals surface area contributed by atoms with Gasteiger partial charge in [0.1, 0.15) is 5.82 Å². The molecule has 0 aliphatic heterocycles. The van der Waals surface area contributed by atoms with Crippen LogP contribution in [0.3, 0.4) is 0 Å². The average Bonchev–Trinajstić information content (AvgIpc) is 2.93. The van der Waals surface area contributed by atoms with E-state index in [2.05, 4.69) is 39.4 Å². The van der Waals surface area contributed by atoms with Gasteiger partial charge in [0, 0.05) is 32.8 Å². The number of aliphatic hydroxyl groups excluding tert-OH is 1. The van der Waals surface area contributed by atoms with Crippen LogP contribution in [0.2, 0.25) is 0 Å². The van der Waals surface area contributed by atoms with Crippen molar-refractivity contribution in [1.29, 1.82) is 0 Å². The second-order valence-electron chi connectivity index (χ2n) is 4.97. The van der Waals surface area contributed by atoms with Crippen molar-refractivity contribution >= 4 is 33.9 Å². The Balaban J connectivity index is 2.18. The van der Waals surface area contributed by atoms with Gasteiger partial charge in [-0.2, -0.15) is 0 Å². The molecule has 0 aliphatic carbocycles. The quantitative estimate of drug-likeness (QED) is 0.453. The molecule has 3 rings (SSSR count). The number of hydrogen-bond donors (Lipinski definition) is 1. The minimum atomic E-state index is -0.251. The summed E-state index contributed by atoms with van der Waals surface area (Å²) in [5.41, 5.74) is 3.10. The minimum absolute atomic E-state index is 0.0526. The van der Waals surface area contributed by atoms with Gasteiger partial charge in [-0.05, 0) is 58.0 Å². The highest BCUT2D eigenvalue weighted by atomic mass is 127. The number of hydrogen-bond acceptors (Lipinski definition) is 3. The third-order valence-electron chi connectivity index (χ3n) is 3.36. The van der Waals surface area contributed by atoms with Gasteiger partial charge in [0.15, 0.2) is 0 Å². The monoisotopic (exact) mass is 449 g/mol. The van der Waals surface area contributed by atoms with Crippen molar-refractivity contribution in [3.63, 3.8) is 0 Å². The van der Waals surface area contributed by atoms with Crippen molar-refractivity contribution in [1.82, 2.24) is 4.98 Å². The number of halogens is 2. The van der Waals surface area contributed by atoms with Crippen LogP contribution in [0.25, 0.3) is 21.6 Å². The van der Waals surface area contributed by atoms with Crippen LogP contribution in [-0.2, 0) is 0 Å². The summed E-state index contributed by atoms with van der Waals surface area (Å²) in [6, 6.07) is 10.4. The van der Waals surface area contributed by atoms with Crippen LogP contribution in [0.1, 0.15) is 11.3 Å². The first-order valence-electron chi connectivity index (χ1n) is 7.29. The molecule has 0 unspecified atom stereocenters. The molecule has 1 aromatic carbocycles. The van der Waals surface area contributed by atoms with Crippen molar-refractivity contribution in [2.24, 2.45) is 0 Å². The summed E-state index contributed by atoms with van der Waals surface area (Å²) in [6.45, 7) is 0.0526. The topological polar surface area (TPSA) is 33.1 Å². The molecule has 0 amide bonds. The number of pyridine rings is 1. The maximum Gasteiger partial charge on any atom is 0.123 e. The number of benzene rings is 1. The third kappa shape index (κ3) is 3.66. The second-order valence-corrected chi connectivity index (χ2v) is 7.07. The Labute approximate surface area is 157 Å². The van der Waals surface area contributed by atoms with Gasteiger partial charge in [-0.15, -0.1) is 11.3 Å². The SMILES string of the molecule is OCCC#Cc1sc(-c2ccc(F)cc2)c(-c2ccncc2)c1I.